The number of ether oxygens (including phenoxy) is 2. The Bertz CT molecular complexity index is 961. The van der Waals surface area contributed by atoms with Gasteiger partial charge in [-0.2, -0.15) is 5.26 Å². The highest BCUT2D eigenvalue weighted by Crippen LogP contribution is 2.38. The third kappa shape index (κ3) is 4.09. The Morgan fingerprint density at radius 3 is 2.79 bits per heavy atom. The minimum Gasteiger partial charge on any atom is -0.486 e. The molecular formula is C22H25N3O3S. The minimum atomic E-state index is -0.135. The quantitative estimate of drug-likeness (QED) is 0.755. The van der Waals surface area contributed by atoms with Crippen LogP contribution in [0, 0.1) is 17.2 Å². The summed E-state index contributed by atoms with van der Waals surface area (Å²) in [6.07, 6.45) is 3.03. The number of nitrogens with zero attached hydrogens (tertiary/aromatic N) is 1. The highest BCUT2D eigenvalue weighted by Gasteiger charge is 2.24. The second kappa shape index (κ2) is 8.44. The van der Waals surface area contributed by atoms with E-state index in [1.807, 2.05) is 18.2 Å². The maximum Gasteiger partial charge on any atom is 0.238 e. The molecule has 0 bridgehead atoms. The molecule has 1 aliphatic carbocycles. The molecule has 0 saturated carbocycles. The number of thiophene rings is 1. The molecule has 29 heavy (non-hydrogen) atoms. The fourth-order valence-corrected chi connectivity index (χ4v) is 5.23. The first-order chi connectivity index (χ1) is 14.1. The Balaban J connectivity index is 1.43. The van der Waals surface area contributed by atoms with E-state index < -0.39 is 0 Å². The molecule has 1 amide bonds. The van der Waals surface area contributed by atoms with Crippen molar-refractivity contribution in [1.29, 1.82) is 5.26 Å². The summed E-state index contributed by atoms with van der Waals surface area (Å²) in [7, 11) is 0. The van der Waals surface area contributed by atoms with Crippen molar-refractivity contribution in [3.05, 3.63) is 39.8 Å². The Labute approximate surface area is 174 Å². The number of fused-ring (bicyclic) bond motifs is 2. The first-order valence-corrected chi connectivity index (χ1v) is 10.9. The molecule has 2 aliphatic rings. The first-order valence-electron chi connectivity index (χ1n) is 10.0. The van der Waals surface area contributed by atoms with E-state index in [2.05, 4.69) is 30.6 Å². The van der Waals surface area contributed by atoms with Crippen molar-refractivity contribution in [1.82, 2.24) is 5.32 Å². The number of rotatable bonds is 6. The monoisotopic (exact) mass is 411 g/mol. The number of amides is 1. The molecule has 1 aromatic heterocycles. The number of carbonyl (C=O) groups is 1. The number of nitrogens with one attached hydrogen (secondary N) is 2. The molecule has 2 heterocycles. The molecule has 0 fully saturated rings. The fourth-order valence-electron chi connectivity index (χ4n) is 3.98. The van der Waals surface area contributed by atoms with Crippen LogP contribution in [0.25, 0.3) is 0 Å². The van der Waals surface area contributed by atoms with E-state index in [-0.39, 0.29) is 24.4 Å². The normalized spacial score (nSPS) is 15.7. The Kier molecular flexibility index (Phi) is 5.74. The highest BCUT2D eigenvalue weighted by molar-refractivity contribution is 7.16. The zero-order valence-electron chi connectivity index (χ0n) is 16.7. The van der Waals surface area contributed by atoms with Crippen molar-refractivity contribution < 1.29 is 14.3 Å². The second-order valence-corrected chi connectivity index (χ2v) is 8.83. The molecule has 2 N–H and O–H groups in total. The summed E-state index contributed by atoms with van der Waals surface area (Å²) in [4.78, 5) is 13.8. The number of hydrogen-bond donors (Lipinski definition) is 2. The fraction of sp³-hybridized carbons (Fsp3) is 0.455. The third-order valence-corrected chi connectivity index (χ3v) is 6.57. The van der Waals surface area contributed by atoms with Crippen LogP contribution in [0.1, 0.15) is 47.9 Å². The van der Waals surface area contributed by atoms with Gasteiger partial charge in [-0.1, -0.05) is 19.9 Å². The van der Waals surface area contributed by atoms with Gasteiger partial charge in [0.25, 0.3) is 0 Å². The van der Waals surface area contributed by atoms with E-state index in [4.69, 9.17) is 9.47 Å². The number of anilines is 1. The van der Waals surface area contributed by atoms with Crippen LogP contribution in [-0.4, -0.2) is 25.7 Å². The van der Waals surface area contributed by atoms with Gasteiger partial charge >= 0.3 is 0 Å². The standard InChI is InChI=1S/C22H25N3O3S/c1-13(2)21(14-6-7-17-18(10-14)28-9-8-27-17)24-12-20(26)25-22-16(11-23)15-4-3-5-19(15)29-22/h6-7,10,13,21,24H,3-5,8-9,12H2,1-2H3,(H,25,26). The van der Waals surface area contributed by atoms with Gasteiger partial charge in [-0.15, -0.1) is 11.3 Å². The van der Waals surface area contributed by atoms with Gasteiger partial charge in [0.2, 0.25) is 5.91 Å². The number of carbonyl (C=O) groups excluding carboxylic acids is 1. The molecule has 1 aromatic carbocycles. The Morgan fingerprint density at radius 2 is 2.03 bits per heavy atom. The molecule has 152 valence electrons. The molecule has 0 spiro atoms. The second-order valence-electron chi connectivity index (χ2n) is 7.73. The van der Waals surface area contributed by atoms with E-state index in [9.17, 15) is 10.1 Å². The van der Waals surface area contributed by atoms with Crippen LogP contribution in [0.15, 0.2) is 18.2 Å². The molecule has 0 saturated heterocycles. The lowest BCUT2D eigenvalue weighted by Gasteiger charge is -2.25. The SMILES string of the molecule is CC(C)C(NCC(=O)Nc1sc2c(c1C#N)CCC2)c1ccc2c(c1)OCCO2. The van der Waals surface area contributed by atoms with Crippen molar-refractivity contribution >= 4 is 22.2 Å². The molecule has 2 aromatic rings. The smallest absolute Gasteiger partial charge is 0.238 e. The summed E-state index contributed by atoms with van der Waals surface area (Å²) in [5, 5.41) is 16.5. The van der Waals surface area contributed by atoms with Crippen molar-refractivity contribution in [2.24, 2.45) is 5.92 Å². The molecule has 1 unspecified atom stereocenters. The van der Waals surface area contributed by atoms with Crippen molar-refractivity contribution in [3.8, 4) is 17.6 Å². The van der Waals surface area contributed by atoms with Crippen molar-refractivity contribution in [2.75, 3.05) is 25.1 Å². The lowest BCUT2D eigenvalue weighted by Crippen LogP contribution is -2.33. The average molecular weight is 412 g/mol. The summed E-state index contributed by atoms with van der Waals surface area (Å²) in [6.45, 7) is 5.51. The maximum absolute atomic E-state index is 12.6. The molecule has 1 aliphatic heterocycles. The lowest BCUT2D eigenvalue weighted by molar-refractivity contribution is -0.115. The molecule has 1 atom stereocenters. The summed E-state index contributed by atoms with van der Waals surface area (Å²) in [5.74, 6) is 1.66. The van der Waals surface area contributed by atoms with Gasteiger partial charge in [0, 0.05) is 10.9 Å². The number of aryl methyl sites for hydroxylation is 1. The Hall–Kier alpha value is -2.56. The van der Waals surface area contributed by atoms with Gasteiger partial charge in [-0.3, -0.25) is 4.79 Å². The molecule has 4 rings (SSSR count). The topological polar surface area (TPSA) is 83.4 Å². The van der Waals surface area contributed by atoms with E-state index in [1.54, 1.807) is 11.3 Å². The van der Waals surface area contributed by atoms with Crippen LogP contribution < -0.4 is 20.1 Å². The Morgan fingerprint density at radius 1 is 1.24 bits per heavy atom. The molecule has 0 radical (unpaired) electrons. The first kappa shape index (κ1) is 19.7. The van der Waals surface area contributed by atoms with Crippen LogP contribution in [0.4, 0.5) is 5.00 Å². The lowest BCUT2D eigenvalue weighted by atomic mass is 9.95. The van der Waals surface area contributed by atoms with Gasteiger partial charge in [0.05, 0.1) is 12.1 Å². The third-order valence-electron chi connectivity index (χ3n) is 5.36. The number of hydrogen-bond acceptors (Lipinski definition) is 6. The average Bonchev–Trinajstić information content (AvgIpc) is 3.28. The van der Waals surface area contributed by atoms with Crippen LogP contribution in [-0.2, 0) is 17.6 Å². The highest BCUT2D eigenvalue weighted by atomic mass is 32.1. The summed E-state index contributed by atoms with van der Waals surface area (Å²) in [6, 6.07) is 8.20. The van der Waals surface area contributed by atoms with Gasteiger partial charge in [0.15, 0.2) is 11.5 Å². The minimum absolute atomic E-state index is 0.000329. The summed E-state index contributed by atoms with van der Waals surface area (Å²) >= 11 is 1.54. The predicted molar refractivity (Wildman–Crippen MR) is 113 cm³/mol. The van der Waals surface area contributed by atoms with E-state index in [1.165, 1.54) is 4.88 Å². The van der Waals surface area contributed by atoms with Crippen LogP contribution >= 0.6 is 11.3 Å². The van der Waals surface area contributed by atoms with Crippen LogP contribution in [0.5, 0.6) is 11.5 Å². The molecule has 6 nitrogen and oxygen atoms in total. The van der Waals surface area contributed by atoms with Gasteiger partial charge in [0.1, 0.15) is 24.3 Å². The van der Waals surface area contributed by atoms with E-state index >= 15 is 0 Å². The van der Waals surface area contributed by atoms with E-state index in [0.29, 0.717) is 23.8 Å². The molecule has 7 heteroatoms. The van der Waals surface area contributed by atoms with Crippen LogP contribution in [0.3, 0.4) is 0 Å². The predicted octanol–water partition coefficient (Wildman–Crippen LogP) is 3.81. The van der Waals surface area contributed by atoms with E-state index in [0.717, 1.165) is 41.9 Å². The summed E-state index contributed by atoms with van der Waals surface area (Å²) < 4.78 is 11.3. The summed E-state index contributed by atoms with van der Waals surface area (Å²) in [5.41, 5.74) is 2.82. The van der Waals surface area contributed by atoms with Gasteiger partial charge in [-0.05, 0) is 48.4 Å². The zero-order chi connectivity index (χ0) is 20.4. The van der Waals surface area contributed by atoms with Crippen molar-refractivity contribution in [3.63, 3.8) is 0 Å². The molecular weight excluding hydrogens is 386 g/mol. The van der Waals surface area contributed by atoms with Gasteiger partial charge < -0.3 is 20.1 Å². The zero-order valence-corrected chi connectivity index (χ0v) is 17.5. The van der Waals surface area contributed by atoms with Crippen LogP contribution in [0.2, 0.25) is 0 Å². The van der Waals surface area contributed by atoms with Crippen molar-refractivity contribution in [2.45, 2.75) is 39.2 Å². The van der Waals surface area contributed by atoms with Gasteiger partial charge in [-0.25, -0.2) is 0 Å². The number of benzene rings is 1. The maximum atomic E-state index is 12.6. The number of nitriles is 1. The largest absolute Gasteiger partial charge is 0.486 e.